The van der Waals surface area contributed by atoms with Crippen molar-refractivity contribution < 1.29 is 5.11 Å². The molecule has 5 nitrogen and oxygen atoms in total. The molecule has 3 heterocycles. The minimum Gasteiger partial charge on any atom is -0.387 e. The molecule has 0 saturated heterocycles. The molecule has 1 atom stereocenters. The van der Waals surface area contributed by atoms with Crippen molar-refractivity contribution in [3.05, 3.63) is 42.2 Å². The highest BCUT2D eigenvalue weighted by molar-refractivity contribution is 5.93. The number of nitrogens with one attached hydrogen (secondary N) is 2. The maximum absolute atomic E-state index is 9.82. The number of anilines is 1. The molecule has 1 aliphatic rings. The second kappa shape index (κ2) is 6.24. The monoisotopic (exact) mass is 322 g/mol. The van der Waals surface area contributed by atoms with Crippen LogP contribution in [0.3, 0.4) is 0 Å². The van der Waals surface area contributed by atoms with E-state index in [1.165, 1.54) is 25.7 Å². The number of aromatic nitrogens is 3. The molecule has 0 aromatic carbocycles. The Labute approximate surface area is 141 Å². The highest BCUT2D eigenvalue weighted by atomic mass is 16.3. The van der Waals surface area contributed by atoms with Gasteiger partial charge in [0.1, 0.15) is 11.5 Å². The van der Waals surface area contributed by atoms with Crippen LogP contribution in [0.15, 0.2) is 36.5 Å². The van der Waals surface area contributed by atoms with E-state index in [0.29, 0.717) is 11.7 Å². The van der Waals surface area contributed by atoms with Gasteiger partial charge in [0, 0.05) is 23.2 Å². The van der Waals surface area contributed by atoms with Gasteiger partial charge in [-0.25, -0.2) is 4.98 Å². The highest BCUT2D eigenvalue weighted by Crippen LogP contribution is 2.30. The van der Waals surface area contributed by atoms with Crippen LogP contribution >= 0.6 is 0 Å². The summed E-state index contributed by atoms with van der Waals surface area (Å²) >= 11 is 0. The summed E-state index contributed by atoms with van der Waals surface area (Å²) in [4.78, 5) is 12.5. The molecule has 1 aliphatic carbocycles. The van der Waals surface area contributed by atoms with Crippen molar-refractivity contribution >= 4 is 16.9 Å². The van der Waals surface area contributed by atoms with Gasteiger partial charge >= 0.3 is 0 Å². The fourth-order valence-electron chi connectivity index (χ4n) is 3.44. The zero-order valence-corrected chi connectivity index (χ0v) is 13.8. The Kier molecular flexibility index (Phi) is 3.94. The molecule has 0 amide bonds. The minimum absolute atomic E-state index is 0.509. The summed E-state index contributed by atoms with van der Waals surface area (Å²) in [6.07, 6.45) is 6.30. The number of aliphatic hydroxyl groups is 1. The topological polar surface area (TPSA) is 73.8 Å². The number of aliphatic hydroxyl groups excluding tert-OH is 1. The lowest BCUT2D eigenvalue weighted by atomic mass is 10.1. The molecule has 0 bridgehead atoms. The van der Waals surface area contributed by atoms with Gasteiger partial charge in [-0.1, -0.05) is 18.9 Å². The first-order valence-corrected chi connectivity index (χ1v) is 8.61. The van der Waals surface area contributed by atoms with Crippen LogP contribution in [0.4, 0.5) is 5.82 Å². The summed E-state index contributed by atoms with van der Waals surface area (Å²) in [6.45, 7) is 1.73. The second-order valence-corrected chi connectivity index (χ2v) is 6.54. The lowest BCUT2D eigenvalue weighted by Gasteiger charge is -2.14. The minimum atomic E-state index is -0.579. The Morgan fingerprint density at radius 1 is 1.21 bits per heavy atom. The van der Waals surface area contributed by atoms with Gasteiger partial charge in [-0.05, 0) is 44.0 Å². The molecular weight excluding hydrogens is 300 g/mol. The molecule has 24 heavy (non-hydrogen) atoms. The predicted molar refractivity (Wildman–Crippen MR) is 95.8 cm³/mol. The SMILES string of the molecule is CC(O)c1cccc(-c2cc(NC3CCCC3)nc3[nH]ccc23)n1. The Morgan fingerprint density at radius 3 is 2.83 bits per heavy atom. The predicted octanol–water partition coefficient (Wildman–Crippen LogP) is 4.03. The number of rotatable bonds is 4. The van der Waals surface area contributed by atoms with Crippen molar-refractivity contribution in [1.29, 1.82) is 0 Å². The summed E-state index contributed by atoms with van der Waals surface area (Å²) in [5.41, 5.74) is 3.43. The maximum Gasteiger partial charge on any atom is 0.140 e. The number of hydrogen-bond donors (Lipinski definition) is 3. The third-order valence-corrected chi connectivity index (χ3v) is 4.71. The standard InChI is InChI=1S/C19H22N4O/c1-12(24)16-7-4-8-17(22-16)15-11-18(21-13-5-2-3-6-13)23-19-14(15)9-10-20-19/h4,7-13,24H,2-3,5-6H2,1H3,(H2,20,21,23). The lowest BCUT2D eigenvalue weighted by molar-refractivity contribution is 0.194. The van der Waals surface area contributed by atoms with E-state index in [4.69, 9.17) is 4.98 Å². The van der Waals surface area contributed by atoms with Crippen molar-refractivity contribution in [2.45, 2.75) is 44.8 Å². The van der Waals surface area contributed by atoms with Crippen LogP contribution < -0.4 is 5.32 Å². The summed E-state index contributed by atoms with van der Waals surface area (Å²) in [7, 11) is 0. The Balaban J connectivity index is 1.78. The van der Waals surface area contributed by atoms with Crippen molar-refractivity contribution in [3.63, 3.8) is 0 Å². The third kappa shape index (κ3) is 2.87. The van der Waals surface area contributed by atoms with Gasteiger partial charge in [-0.15, -0.1) is 0 Å². The largest absolute Gasteiger partial charge is 0.387 e. The van der Waals surface area contributed by atoms with Gasteiger partial charge in [0.2, 0.25) is 0 Å². The van der Waals surface area contributed by atoms with Crippen LogP contribution in [0.5, 0.6) is 0 Å². The maximum atomic E-state index is 9.82. The van der Waals surface area contributed by atoms with Crippen LogP contribution in [0, 0.1) is 0 Å². The van der Waals surface area contributed by atoms with E-state index >= 15 is 0 Å². The zero-order valence-electron chi connectivity index (χ0n) is 13.8. The molecule has 3 aromatic rings. The highest BCUT2D eigenvalue weighted by Gasteiger charge is 2.17. The number of hydrogen-bond acceptors (Lipinski definition) is 4. The molecular formula is C19H22N4O. The summed E-state index contributed by atoms with van der Waals surface area (Å²) in [6, 6.07) is 10.4. The first-order valence-electron chi connectivity index (χ1n) is 8.61. The Hall–Kier alpha value is -2.40. The van der Waals surface area contributed by atoms with E-state index in [9.17, 15) is 5.11 Å². The molecule has 0 spiro atoms. The molecule has 0 radical (unpaired) electrons. The van der Waals surface area contributed by atoms with Crippen molar-refractivity contribution in [2.75, 3.05) is 5.32 Å². The summed E-state index contributed by atoms with van der Waals surface area (Å²) < 4.78 is 0. The molecule has 3 N–H and O–H groups in total. The van der Waals surface area contributed by atoms with Crippen LogP contribution in [0.2, 0.25) is 0 Å². The van der Waals surface area contributed by atoms with Gasteiger partial charge in [0.05, 0.1) is 17.5 Å². The van der Waals surface area contributed by atoms with Crippen LogP contribution in [-0.4, -0.2) is 26.1 Å². The smallest absolute Gasteiger partial charge is 0.140 e. The summed E-state index contributed by atoms with van der Waals surface area (Å²) in [5.74, 6) is 0.885. The van der Waals surface area contributed by atoms with Crippen LogP contribution in [0.1, 0.15) is 44.4 Å². The normalized spacial score (nSPS) is 16.6. The molecule has 0 aliphatic heterocycles. The van der Waals surface area contributed by atoms with Crippen molar-refractivity contribution in [1.82, 2.24) is 15.0 Å². The van der Waals surface area contributed by atoms with E-state index in [2.05, 4.69) is 21.4 Å². The average molecular weight is 322 g/mol. The lowest BCUT2D eigenvalue weighted by Crippen LogP contribution is -2.15. The van der Waals surface area contributed by atoms with Crippen LogP contribution in [-0.2, 0) is 0 Å². The van der Waals surface area contributed by atoms with Gasteiger partial charge in [-0.2, -0.15) is 0 Å². The summed E-state index contributed by atoms with van der Waals surface area (Å²) in [5, 5.41) is 14.4. The second-order valence-electron chi connectivity index (χ2n) is 6.54. The van der Waals surface area contributed by atoms with Gasteiger partial charge < -0.3 is 15.4 Å². The van der Waals surface area contributed by atoms with E-state index in [1.807, 2.05) is 30.5 Å². The number of aromatic amines is 1. The molecule has 1 unspecified atom stereocenters. The first kappa shape index (κ1) is 15.1. The molecule has 1 fully saturated rings. The van der Waals surface area contributed by atoms with E-state index < -0.39 is 6.10 Å². The van der Waals surface area contributed by atoms with Crippen molar-refractivity contribution in [3.8, 4) is 11.3 Å². The van der Waals surface area contributed by atoms with E-state index in [0.717, 1.165) is 28.1 Å². The zero-order chi connectivity index (χ0) is 16.5. The number of H-pyrrole nitrogens is 1. The third-order valence-electron chi connectivity index (χ3n) is 4.71. The molecule has 5 heteroatoms. The quantitative estimate of drug-likeness (QED) is 0.678. The Bertz CT molecular complexity index is 849. The van der Waals surface area contributed by atoms with Gasteiger partial charge in [0.25, 0.3) is 0 Å². The number of fused-ring (bicyclic) bond motifs is 1. The fourth-order valence-corrected chi connectivity index (χ4v) is 3.44. The number of nitrogens with zero attached hydrogens (tertiary/aromatic N) is 2. The van der Waals surface area contributed by atoms with E-state index in [1.54, 1.807) is 6.92 Å². The van der Waals surface area contributed by atoms with Gasteiger partial charge in [0.15, 0.2) is 0 Å². The van der Waals surface area contributed by atoms with Crippen LogP contribution in [0.25, 0.3) is 22.3 Å². The van der Waals surface area contributed by atoms with Gasteiger partial charge in [-0.3, -0.25) is 4.98 Å². The van der Waals surface area contributed by atoms with E-state index in [-0.39, 0.29) is 0 Å². The Morgan fingerprint density at radius 2 is 2.04 bits per heavy atom. The molecule has 124 valence electrons. The molecule has 3 aromatic heterocycles. The fraction of sp³-hybridized carbons (Fsp3) is 0.368. The molecule has 4 rings (SSSR count). The first-order chi connectivity index (χ1) is 11.7. The number of pyridine rings is 2. The average Bonchev–Trinajstić information content (AvgIpc) is 3.25. The molecule has 1 saturated carbocycles. The van der Waals surface area contributed by atoms with Crippen molar-refractivity contribution in [2.24, 2.45) is 0 Å².